The van der Waals surface area contributed by atoms with Gasteiger partial charge in [-0.2, -0.15) is 11.8 Å². The molecule has 5 rings (SSSR count). The molecule has 1 heterocycles. The number of carboxylic acid groups (broad SMARTS) is 1. The molecular weight excluding hydrogens is 538 g/mol. The van der Waals surface area contributed by atoms with Crippen LogP contribution in [0.25, 0.3) is 44.2 Å². The average Bonchev–Trinajstić information content (AvgIpc) is 3.38. The van der Waals surface area contributed by atoms with Crippen molar-refractivity contribution in [3.05, 3.63) is 96.6 Å². The van der Waals surface area contributed by atoms with E-state index in [1.807, 2.05) is 30.3 Å². The normalized spacial score (nSPS) is 11.8. The van der Waals surface area contributed by atoms with E-state index in [9.17, 15) is 14.4 Å². The highest BCUT2D eigenvalue weighted by molar-refractivity contribution is 7.98. The third-order valence-corrected chi connectivity index (χ3v) is 7.93. The Labute approximate surface area is 241 Å². The Hall–Kier alpha value is -4.56. The molecule has 4 aromatic carbocycles. The fraction of sp³-hybridized carbons (Fsp3) is 0.182. The number of amides is 1. The van der Waals surface area contributed by atoms with Crippen LogP contribution in [0.2, 0.25) is 0 Å². The van der Waals surface area contributed by atoms with Gasteiger partial charge < -0.3 is 19.6 Å². The van der Waals surface area contributed by atoms with Crippen LogP contribution in [0.3, 0.4) is 0 Å². The number of aliphatic carboxylic acids is 1. The summed E-state index contributed by atoms with van der Waals surface area (Å²) in [6, 6.07) is 30.1. The lowest BCUT2D eigenvalue weighted by molar-refractivity contribution is -0.144. The van der Waals surface area contributed by atoms with Gasteiger partial charge in [0.15, 0.2) is 0 Å². The number of hydrogen-bond donors (Lipinski definition) is 2. The van der Waals surface area contributed by atoms with Gasteiger partial charge >= 0.3 is 11.9 Å². The Morgan fingerprint density at radius 1 is 0.829 bits per heavy atom. The number of carbonyl (C=O) groups excluding carboxylic acids is 2. The minimum Gasteiger partial charge on any atom is -0.481 e. The smallest absolute Gasteiger partial charge is 0.329 e. The molecule has 0 aliphatic carbocycles. The third kappa shape index (κ3) is 6.61. The second kappa shape index (κ2) is 12.7. The molecule has 0 aliphatic heterocycles. The van der Waals surface area contributed by atoms with Crippen LogP contribution in [-0.4, -0.2) is 41.9 Å². The number of nitrogens with one attached hydrogen (secondary N) is 1. The van der Waals surface area contributed by atoms with Crippen molar-refractivity contribution in [3.63, 3.8) is 0 Å². The Morgan fingerprint density at radius 2 is 1.49 bits per heavy atom. The second-order valence-corrected chi connectivity index (χ2v) is 10.6. The number of rotatable bonds is 11. The van der Waals surface area contributed by atoms with Crippen molar-refractivity contribution in [2.24, 2.45) is 0 Å². The minimum absolute atomic E-state index is 0.189. The summed E-state index contributed by atoms with van der Waals surface area (Å²) < 4.78 is 11.0. The topological polar surface area (TPSA) is 106 Å². The van der Waals surface area contributed by atoms with Crippen molar-refractivity contribution in [3.8, 4) is 22.3 Å². The molecule has 208 valence electrons. The largest absolute Gasteiger partial charge is 0.481 e. The summed E-state index contributed by atoms with van der Waals surface area (Å²) in [7, 11) is 1.26. The summed E-state index contributed by atoms with van der Waals surface area (Å²) in [5.41, 5.74) is 7.17. The van der Waals surface area contributed by atoms with Gasteiger partial charge in [0.2, 0.25) is 5.91 Å². The van der Waals surface area contributed by atoms with Crippen molar-refractivity contribution in [2.45, 2.75) is 24.6 Å². The monoisotopic (exact) mass is 567 g/mol. The molecule has 2 N–H and O–H groups in total. The zero-order chi connectivity index (χ0) is 28.8. The van der Waals surface area contributed by atoms with E-state index in [1.54, 1.807) is 0 Å². The zero-order valence-corrected chi connectivity index (χ0v) is 23.3. The van der Waals surface area contributed by atoms with E-state index in [0.717, 1.165) is 49.8 Å². The first-order valence-corrected chi connectivity index (χ1v) is 14.3. The highest BCUT2D eigenvalue weighted by Crippen LogP contribution is 2.36. The van der Waals surface area contributed by atoms with Gasteiger partial charge in [-0.05, 0) is 28.3 Å². The predicted molar refractivity (Wildman–Crippen MR) is 162 cm³/mol. The molecule has 8 heteroatoms. The first kappa shape index (κ1) is 28.0. The number of furan rings is 1. The number of fused-ring (bicyclic) bond motifs is 3. The van der Waals surface area contributed by atoms with Gasteiger partial charge in [0, 0.05) is 34.3 Å². The molecule has 1 amide bonds. The van der Waals surface area contributed by atoms with Gasteiger partial charge in [0.1, 0.15) is 17.2 Å². The maximum atomic E-state index is 12.1. The van der Waals surface area contributed by atoms with E-state index in [-0.39, 0.29) is 12.8 Å². The van der Waals surface area contributed by atoms with Gasteiger partial charge in [-0.25, -0.2) is 4.79 Å². The van der Waals surface area contributed by atoms with Crippen LogP contribution in [-0.2, 0) is 24.9 Å². The van der Waals surface area contributed by atoms with E-state index < -0.39 is 23.9 Å². The Bertz CT molecular complexity index is 1690. The van der Waals surface area contributed by atoms with Crippen molar-refractivity contribution < 1.29 is 28.6 Å². The van der Waals surface area contributed by atoms with Crippen LogP contribution < -0.4 is 5.32 Å². The Morgan fingerprint density at radius 3 is 2.20 bits per heavy atom. The molecule has 0 spiro atoms. The van der Waals surface area contributed by atoms with Crippen LogP contribution in [0.1, 0.15) is 18.4 Å². The SMILES string of the molecule is COC(=O)C(CSCc1ccc(-c2ccc(-c3cccc4c3oc3ccccc34)cc2)cc1)NC(=O)CCC(=O)O. The number of esters is 1. The second-order valence-electron chi connectivity index (χ2n) is 9.61. The molecule has 1 aromatic heterocycles. The van der Waals surface area contributed by atoms with E-state index in [0.29, 0.717) is 11.5 Å². The summed E-state index contributed by atoms with van der Waals surface area (Å²) in [6.45, 7) is 0. The number of carbonyl (C=O) groups is 3. The summed E-state index contributed by atoms with van der Waals surface area (Å²) in [5, 5.41) is 13.5. The number of methoxy groups -OCH3 is 1. The highest BCUT2D eigenvalue weighted by Gasteiger charge is 2.22. The Balaban J connectivity index is 1.22. The number of para-hydroxylation sites is 2. The minimum atomic E-state index is -1.07. The van der Waals surface area contributed by atoms with Gasteiger partial charge in [-0.15, -0.1) is 0 Å². The van der Waals surface area contributed by atoms with Gasteiger partial charge in [0.25, 0.3) is 0 Å². The molecule has 41 heavy (non-hydrogen) atoms. The van der Waals surface area contributed by atoms with Crippen molar-refractivity contribution in [1.82, 2.24) is 5.32 Å². The van der Waals surface area contributed by atoms with Crippen LogP contribution in [0.4, 0.5) is 0 Å². The van der Waals surface area contributed by atoms with Gasteiger partial charge in [-0.3, -0.25) is 9.59 Å². The third-order valence-electron chi connectivity index (χ3n) is 6.83. The lowest BCUT2D eigenvalue weighted by Gasteiger charge is -2.16. The fourth-order valence-corrected chi connectivity index (χ4v) is 5.70. The molecule has 0 aliphatic rings. The molecule has 0 saturated heterocycles. The zero-order valence-electron chi connectivity index (χ0n) is 22.5. The lowest BCUT2D eigenvalue weighted by atomic mass is 9.98. The highest BCUT2D eigenvalue weighted by atomic mass is 32.2. The summed E-state index contributed by atoms with van der Waals surface area (Å²) in [6.07, 6.45) is -0.481. The van der Waals surface area contributed by atoms with Gasteiger partial charge in [0.05, 0.1) is 13.5 Å². The summed E-state index contributed by atoms with van der Waals surface area (Å²) in [5.74, 6) is -1.17. The predicted octanol–water partition coefficient (Wildman–Crippen LogP) is 6.68. The number of hydrogen-bond acceptors (Lipinski definition) is 6. The quantitative estimate of drug-likeness (QED) is 0.172. The maximum Gasteiger partial charge on any atom is 0.329 e. The molecule has 0 bridgehead atoms. The summed E-state index contributed by atoms with van der Waals surface area (Å²) >= 11 is 1.49. The van der Waals surface area contributed by atoms with E-state index >= 15 is 0 Å². The molecular formula is C33H29NO6S. The molecule has 1 unspecified atom stereocenters. The molecule has 7 nitrogen and oxygen atoms in total. The molecule has 0 saturated carbocycles. The van der Waals surface area contributed by atoms with E-state index in [4.69, 9.17) is 14.3 Å². The number of thioether (sulfide) groups is 1. The van der Waals surface area contributed by atoms with E-state index in [1.165, 1.54) is 18.9 Å². The van der Waals surface area contributed by atoms with Crippen LogP contribution in [0.15, 0.2) is 95.4 Å². The van der Waals surface area contributed by atoms with Crippen LogP contribution in [0, 0.1) is 0 Å². The average molecular weight is 568 g/mol. The van der Waals surface area contributed by atoms with Crippen LogP contribution in [0.5, 0.6) is 0 Å². The van der Waals surface area contributed by atoms with Crippen LogP contribution >= 0.6 is 11.8 Å². The maximum absolute atomic E-state index is 12.1. The van der Waals surface area contributed by atoms with Crippen molar-refractivity contribution >= 4 is 51.5 Å². The standard InChI is InChI=1S/C33H29NO6S/c1-39-33(38)28(34-30(35)17-18-31(36)37)20-41-19-21-9-11-22(12-10-21)23-13-15-24(16-14-23)25-6-4-7-27-26-5-2-3-8-29(26)40-32(25)27/h2-16,28H,17-20H2,1H3,(H,34,35)(H,36,37). The first-order chi connectivity index (χ1) is 19.9. The molecule has 1 atom stereocenters. The number of ether oxygens (including phenoxy) is 1. The number of carboxylic acids is 1. The number of benzene rings is 4. The summed E-state index contributed by atoms with van der Waals surface area (Å²) in [4.78, 5) is 34.8. The Kier molecular flexibility index (Phi) is 8.70. The first-order valence-electron chi connectivity index (χ1n) is 13.2. The lowest BCUT2D eigenvalue weighted by Crippen LogP contribution is -2.43. The molecule has 0 radical (unpaired) electrons. The van der Waals surface area contributed by atoms with Gasteiger partial charge in [-0.1, -0.05) is 84.9 Å². The van der Waals surface area contributed by atoms with E-state index in [2.05, 4.69) is 66.0 Å². The molecule has 5 aromatic rings. The molecule has 0 fully saturated rings. The fourth-order valence-electron chi connectivity index (χ4n) is 4.70. The van der Waals surface area contributed by atoms with Crippen molar-refractivity contribution in [2.75, 3.05) is 12.9 Å². The van der Waals surface area contributed by atoms with Crippen molar-refractivity contribution in [1.29, 1.82) is 0 Å².